The molecule has 0 aliphatic carbocycles. The average molecular weight is 370 g/mol. The molecule has 2 heterocycles. The first-order valence-electron chi connectivity index (χ1n) is 7.48. The van der Waals surface area contributed by atoms with E-state index >= 15 is 0 Å². The minimum atomic E-state index is 0.527. The molecule has 2 rings (SSSR count). The van der Waals surface area contributed by atoms with Crippen molar-refractivity contribution in [3.8, 4) is 0 Å². The summed E-state index contributed by atoms with van der Waals surface area (Å²) in [4.78, 5) is 1.44. The molecule has 5 heteroatoms. The molecule has 21 heavy (non-hydrogen) atoms. The number of thiophene rings is 1. The van der Waals surface area contributed by atoms with E-state index in [1.165, 1.54) is 25.6 Å². The van der Waals surface area contributed by atoms with Gasteiger partial charge in [0.1, 0.15) is 0 Å². The Morgan fingerprint density at radius 1 is 1.38 bits per heavy atom. The van der Waals surface area contributed by atoms with Gasteiger partial charge in [-0.15, -0.1) is 11.3 Å². The van der Waals surface area contributed by atoms with Crippen LogP contribution >= 0.6 is 27.3 Å². The van der Waals surface area contributed by atoms with Gasteiger partial charge in [-0.05, 0) is 73.3 Å². The van der Waals surface area contributed by atoms with Crippen LogP contribution in [0.1, 0.15) is 35.2 Å². The molecule has 2 aromatic rings. The van der Waals surface area contributed by atoms with Gasteiger partial charge in [-0.2, -0.15) is 5.10 Å². The molecule has 0 amide bonds. The van der Waals surface area contributed by atoms with E-state index < -0.39 is 0 Å². The van der Waals surface area contributed by atoms with E-state index in [4.69, 9.17) is 0 Å². The number of hydrogen-bond donors (Lipinski definition) is 1. The topological polar surface area (TPSA) is 29.9 Å². The van der Waals surface area contributed by atoms with Gasteiger partial charge in [0.15, 0.2) is 0 Å². The molecule has 0 aromatic carbocycles. The summed E-state index contributed by atoms with van der Waals surface area (Å²) in [6.45, 7) is 7.47. The van der Waals surface area contributed by atoms with Crippen LogP contribution in [-0.4, -0.2) is 22.4 Å². The van der Waals surface area contributed by atoms with Crippen LogP contribution in [0.4, 0.5) is 0 Å². The second kappa shape index (κ2) is 7.56. The van der Waals surface area contributed by atoms with Crippen LogP contribution in [-0.2, 0) is 19.9 Å². The summed E-state index contributed by atoms with van der Waals surface area (Å²) < 4.78 is 3.20. The second-order valence-electron chi connectivity index (χ2n) is 5.48. The molecule has 3 nitrogen and oxygen atoms in total. The van der Waals surface area contributed by atoms with Gasteiger partial charge in [0.2, 0.25) is 0 Å². The third kappa shape index (κ3) is 4.41. The minimum Gasteiger partial charge on any atom is -0.314 e. The normalized spacial score (nSPS) is 12.8. The zero-order chi connectivity index (χ0) is 15.4. The number of aromatic nitrogens is 2. The van der Waals surface area contributed by atoms with Crippen LogP contribution in [0.2, 0.25) is 0 Å². The van der Waals surface area contributed by atoms with Gasteiger partial charge in [-0.1, -0.05) is 6.92 Å². The van der Waals surface area contributed by atoms with Gasteiger partial charge >= 0.3 is 0 Å². The lowest BCUT2D eigenvalue weighted by Gasteiger charge is -2.17. The van der Waals surface area contributed by atoms with Crippen molar-refractivity contribution in [1.82, 2.24) is 15.1 Å². The van der Waals surface area contributed by atoms with Gasteiger partial charge in [-0.3, -0.25) is 4.68 Å². The largest absolute Gasteiger partial charge is 0.314 e. The molecule has 0 spiro atoms. The number of nitrogens with one attached hydrogen (secondary N) is 1. The van der Waals surface area contributed by atoms with Crippen molar-refractivity contribution >= 4 is 27.3 Å². The maximum atomic E-state index is 4.51. The minimum absolute atomic E-state index is 0.527. The summed E-state index contributed by atoms with van der Waals surface area (Å²) in [5.41, 5.74) is 3.87. The number of halogens is 1. The lowest BCUT2D eigenvalue weighted by Crippen LogP contribution is -2.31. The lowest BCUT2D eigenvalue weighted by atomic mass is 10.0. The van der Waals surface area contributed by atoms with E-state index in [0.717, 1.165) is 25.8 Å². The Kier molecular flexibility index (Phi) is 6.02. The highest BCUT2D eigenvalue weighted by Gasteiger charge is 2.14. The fourth-order valence-corrected chi connectivity index (χ4v) is 4.33. The first-order chi connectivity index (χ1) is 10.0. The summed E-state index contributed by atoms with van der Waals surface area (Å²) in [6.07, 6.45) is 3.34. The van der Waals surface area contributed by atoms with Gasteiger partial charge in [0.05, 0.1) is 9.48 Å². The Hall–Kier alpha value is -0.650. The molecular weight excluding hydrogens is 346 g/mol. The summed E-state index contributed by atoms with van der Waals surface area (Å²) in [5.74, 6) is 0. The molecule has 0 fully saturated rings. The maximum Gasteiger partial charge on any atom is 0.0701 e. The van der Waals surface area contributed by atoms with Gasteiger partial charge in [0, 0.05) is 23.7 Å². The molecule has 0 bridgehead atoms. The predicted molar refractivity (Wildman–Crippen MR) is 94.2 cm³/mol. The summed E-state index contributed by atoms with van der Waals surface area (Å²) in [7, 11) is 2.02. The molecule has 1 atom stereocenters. The first-order valence-corrected chi connectivity index (χ1v) is 9.08. The molecule has 0 aliphatic heterocycles. The summed E-state index contributed by atoms with van der Waals surface area (Å²) in [6, 6.07) is 4.89. The standard InChI is InChI=1S/C16H24BrN3S/c1-5-18-13(10-14-7-9-16(17)21-14)6-8-15-11(2)19-20(4)12(15)3/h7,9,13,18H,5-6,8,10H2,1-4H3. The molecule has 1 unspecified atom stereocenters. The fraction of sp³-hybridized carbons (Fsp3) is 0.562. The van der Waals surface area contributed by atoms with Gasteiger partial charge in [0.25, 0.3) is 0 Å². The molecule has 1 N–H and O–H groups in total. The Bertz CT molecular complexity index is 588. The monoisotopic (exact) mass is 369 g/mol. The second-order valence-corrected chi connectivity index (χ2v) is 8.02. The SMILES string of the molecule is CCNC(CCc1c(C)nn(C)c1C)Cc1ccc(Br)s1. The van der Waals surface area contributed by atoms with E-state index in [2.05, 4.69) is 59.2 Å². The lowest BCUT2D eigenvalue weighted by molar-refractivity contribution is 0.493. The molecule has 2 aromatic heterocycles. The Morgan fingerprint density at radius 2 is 2.14 bits per heavy atom. The van der Waals surface area contributed by atoms with E-state index in [1.807, 2.05) is 23.1 Å². The third-order valence-corrected chi connectivity index (χ3v) is 5.62. The van der Waals surface area contributed by atoms with E-state index in [1.54, 1.807) is 0 Å². The molecule has 0 saturated heterocycles. The zero-order valence-corrected chi connectivity index (χ0v) is 15.6. The maximum absolute atomic E-state index is 4.51. The number of rotatable bonds is 7. The van der Waals surface area contributed by atoms with Crippen LogP contribution in [0, 0.1) is 13.8 Å². The van der Waals surface area contributed by atoms with Crippen LogP contribution in [0.3, 0.4) is 0 Å². The van der Waals surface area contributed by atoms with Crippen molar-refractivity contribution in [1.29, 1.82) is 0 Å². The zero-order valence-electron chi connectivity index (χ0n) is 13.2. The molecule has 116 valence electrons. The number of likely N-dealkylation sites (N-methyl/N-ethyl adjacent to an activating group) is 1. The summed E-state index contributed by atoms with van der Waals surface area (Å²) >= 11 is 5.38. The number of hydrogen-bond acceptors (Lipinski definition) is 3. The smallest absolute Gasteiger partial charge is 0.0701 e. The fourth-order valence-electron chi connectivity index (χ4n) is 2.77. The molecule has 0 saturated carbocycles. The Labute approximate surface area is 139 Å². The van der Waals surface area contributed by atoms with E-state index in [0.29, 0.717) is 6.04 Å². The third-order valence-electron chi connectivity index (χ3n) is 3.97. The average Bonchev–Trinajstić information content (AvgIpc) is 2.93. The van der Waals surface area contributed by atoms with Crippen LogP contribution in [0.5, 0.6) is 0 Å². The van der Waals surface area contributed by atoms with Crippen molar-refractivity contribution < 1.29 is 0 Å². The van der Waals surface area contributed by atoms with Crippen LogP contribution in [0.15, 0.2) is 15.9 Å². The molecular formula is C16H24BrN3S. The highest BCUT2D eigenvalue weighted by Crippen LogP contribution is 2.24. The highest BCUT2D eigenvalue weighted by atomic mass is 79.9. The molecule has 0 aliphatic rings. The number of nitrogens with zero attached hydrogens (tertiary/aromatic N) is 2. The van der Waals surface area contributed by atoms with Crippen molar-refractivity contribution in [3.05, 3.63) is 37.7 Å². The van der Waals surface area contributed by atoms with Crippen molar-refractivity contribution in [3.63, 3.8) is 0 Å². The summed E-state index contributed by atoms with van der Waals surface area (Å²) in [5, 5.41) is 8.13. The highest BCUT2D eigenvalue weighted by molar-refractivity contribution is 9.11. The van der Waals surface area contributed by atoms with E-state index in [-0.39, 0.29) is 0 Å². The van der Waals surface area contributed by atoms with Crippen LogP contribution < -0.4 is 5.32 Å². The Balaban J connectivity index is 1.99. The van der Waals surface area contributed by atoms with Crippen molar-refractivity contribution in [2.75, 3.05) is 6.54 Å². The van der Waals surface area contributed by atoms with Crippen molar-refractivity contribution in [2.45, 2.75) is 46.1 Å². The van der Waals surface area contributed by atoms with Gasteiger partial charge in [-0.25, -0.2) is 0 Å². The van der Waals surface area contributed by atoms with Gasteiger partial charge < -0.3 is 5.32 Å². The van der Waals surface area contributed by atoms with Crippen molar-refractivity contribution in [2.24, 2.45) is 7.05 Å². The quantitative estimate of drug-likeness (QED) is 0.798. The van der Waals surface area contributed by atoms with Crippen LogP contribution in [0.25, 0.3) is 0 Å². The van der Waals surface area contributed by atoms with E-state index in [9.17, 15) is 0 Å². The Morgan fingerprint density at radius 3 is 2.67 bits per heavy atom. The predicted octanol–water partition coefficient (Wildman–Crippen LogP) is 4.01. The number of aryl methyl sites for hydroxylation is 2. The first kappa shape index (κ1) is 16.7. The molecule has 0 radical (unpaired) electrons.